The van der Waals surface area contributed by atoms with Crippen molar-refractivity contribution in [3.8, 4) is 51.2 Å². The van der Waals surface area contributed by atoms with E-state index in [2.05, 4.69) is 259 Å². The maximum absolute atomic E-state index is 4.94. The normalized spacial score (nSPS) is 16.0. The summed E-state index contributed by atoms with van der Waals surface area (Å²) in [6.07, 6.45) is 0. The first-order valence-corrected chi connectivity index (χ1v) is 29.2. The number of fused-ring (bicyclic) bond motifs is 3. The monoisotopic (exact) mass is 1640 g/mol. The zero-order valence-corrected chi connectivity index (χ0v) is 52.2. The van der Waals surface area contributed by atoms with E-state index < -0.39 is 0 Å². The second kappa shape index (κ2) is 26.4. The Morgan fingerprint density at radius 3 is 0.797 bits per heavy atom. The predicted molar refractivity (Wildman–Crippen MR) is 294 cm³/mol. The molecule has 3 atom stereocenters. The predicted octanol–water partition coefficient (Wildman–Crippen LogP) is 2.74. The molecule has 3 aliphatic rings. The number of thioether (sulfide) groups is 3. The number of para-hydroxylation sites is 3. The van der Waals surface area contributed by atoms with E-state index in [1.54, 1.807) is 0 Å². The third-order valence-electron chi connectivity index (χ3n) is 11.3. The van der Waals surface area contributed by atoms with Crippen LogP contribution in [0.3, 0.4) is 0 Å². The lowest BCUT2D eigenvalue weighted by molar-refractivity contribution is -0.626. The number of aromatic nitrogens is 9. The Balaban J connectivity index is 0.000000150. The molecule has 3 unspecified atom stereocenters. The molecule has 0 N–H and O–H groups in total. The summed E-state index contributed by atoms with van der Waals surface area (Å²) >= 11 is 13.0. The molecule has 12 rings (SSSR count). The summed E-state index contributed by atoms with van der Waals surface area (Å²) in [5.74, 6) is 6.37. The number of halogens is 6. The standard InChI is InChI=1S/3C17H15IN3S.3HI/c3*18-11-15-12-22-17-20(14-9-5-2-6-10-14)16(19-21(15)17)13-7-3-1-4-8-13;;;/h3*1-10,15H,11-12H2;3*1H/q3*+1;;;/p-3. The Morgan fingerprint density at radius 1 is 0.362 bits per heavy atom. The van der Waals surface area contributed by atoms with E-state index in [9.17, 15) is 0 Å². The van der Waals surface area contributed by atoms with Gasteiger partial charge in [-0.05, 0) is 108 Å². The van der Waals surface area contributed by atoms with Crippen molar-refractivity contribution >= 4 is 103 Å². The number of rotatable bonds is 9. The van der Waals surface area contributed by atoms with Crippen LogP contribution in [0.4, 0.5) is 0 Å². The molecule has 0 saturated carbocycles. The molecule has 0 saturated heterocycles. The van der Waals surface area contributed by atoms with Gasteiger partial charge in [0.05, 0.1) is 16.7 Å². The van der Waals surface area contributed by atoms with E-state index in [-0.39, 0.29) is 71.9 Å². The molecular weight excluding hydrogens is 1600 g/mol. The number of benzene rings is 6. The Morgan fingerprint density at radius 2 is 0.580 bits per heavy atom. The Labute approximate surface area is 508 Å². The molecule has 9 nitrogen and oxygen atoms in total. The third kappa shape index (κ3) is 11.9. The van der Waals surface area contributed by atoms with Crippen LogP contribution < -0.4 is 85.6 Å². The van der Waals surface area contributed by atoms with Crippen molar-refractivity contribution in [2.24, 2.45) is 0 Å². The van der Waals surface area contributed by atoms with Crippen molar-refractivity contribution < 1.29 is 85.6 Å². The van der Waals surface area contributed by atoms with Gasteiger partial charge in [0, 0.05) is 45.8 Å². The average molecular weight is 1640 g/mol. The fraction of sp³-hybridized carbons (Fsp3) is 0.176. The highest BCUT2D eigenvalue weighted by molar-refractivity contribution is 14.1. The molecule has 0 spiro atoms. The number of hydrogen-bond acceptors (Lipinski definition) is 6. The van der Waals surface area contributed by atoms with Gasteiger partial charge in [-0.15, -0.1) is 0 Å². The lowest BCUT2D eigenvalue weighted by atomic mass is 10.2. The molecule has 0 amide bonds. The van der Waals surface area contributed by atoms with Gasteiger partial charge in [0.2, 0.25) is 0 Å². The summed E-state index contributed by atoms with van der Waals surface area (Å²) in [5.41, 5.74) is 6.97. The Bertz CT molecular complexity index is 2700. The summed E-state index contributed by atoms with van der Waals surface area (Å²) in [7, 11) is 0. The van der Waals surface area contributed by atoms with Gasteiger partial charge in [0.1, 0.15) is 35.2 Å². The van der Waals surface area contributed by atoms with E-state index in [1.807, 2.05) is 53.5 Å². The van der Waals surface area contributed by atoms with Gasteiger partial charge in [-0.2, -0.15) is 13.7 Å². The van der Waals surface area contributed by atoms with E-state index in [4.69, 9.17) is 15.3 Å². The van der Waals surface area contributed by atoms with Crippen LogP contribution in [-0.4, -0.2) is 59.9 Å². The molecular formula is C51H45I6N9S3. The molecule has 0 bridgehead atoms. The van der Waals surface area contributed by atoms with Crippen molar-refractivity contribution in [3.63, 3.8) is 0 Å². The number of nitrogens with zero attached hydrogens (tertiary/aromatic N) is 9. The van der Waals surface area contributed by atoms with Gasteiger partial charge < -0.3 is 71.9 Å². The highest BCUT2D eigenvalue weighted by Gasteiger charge is 2.40. The van der Waals surface area contributed by atoms with Crippen LogP contribution in [-0.2, 0) is 0 Å². The molecule has 18 heteroatoms. The van der Waals surface area contributed by atoms with Crippen LogP contribution in [0.15, 0.2) is 197 Å². The zero-order valence-electron chi connectivity index (χ0n) is 36.8. The topological polar surface area (TPSA) is 65.1 Å². The molecule has 3 aliphatic heterocycles. The maximum Gasteiger partial charge on any atom is 0.314 e. The van der Waals surface area contributed by atoms with E-state index in [1.165, 1.54) is 32.5 Å². The van der Waals surface area contributed by atoms with Gasteiger partial charge in [0.15, 0.2) is 0 Å². The number of hydrogen-bond donors (Lipinski definition) is 0. The molecule has 69 heavy (non-hydrogen) atoms. The summed E-state index contributed by atoms with van der Waals surface area (Å²) in [6, 6.07) is 64.2. The van der Waals surface area contributed by atoms with Crippen molar-refractivity contribution in [1.82, 2.24) is 29.3 Å². The lowest BCUT2D eigenvalue weighted by Gasteiger charge is -2.02. The van der Waals surface area contributed by atoms with Crippen LogP contribution >= 0.6 is 103 Å². The first-order valence-electron chi connectivity index (χ1n) is 21.7. The van der Waals surface area contributed by atoms with Crippen molar-refractivity contribution in [1.29, 1.82) is 0 Å². The minimum Gasteiger partial charge on any atom is -1.00 e. The molecule has 3 aromatic heterocycles. The molecule has 0 fully saturated rings. The molecule has 6 aromatic carbocycles. The van der Waals surface area contributed by atoms with Gasteiger partial charge in [-0.25, -0.2) is 0 Å². The summed E-state index contributed by atoms with van der Waals surface area (Å²) in [5, 5.41) is 18.5. The highest BCUT2D eigenvalue weighted by atomic mass is 127. The zero-order chi connectivity index (χ0) is 44.8. The van der Waals surface area contributed by atoms with Gasteiger partial charge in [0.25, 0.3) is 0 Å². The van der Waals surface area contributed by atoms with Crippen LogP contribution in [0, 0.1) is 0 Å². The molecule has 0 aliphatic carbocycles. The maximum atomic E-state index is 4.94. The van der Waals surface area contributed by atoms with E-state index >= 15 is 0 Å². The van der Waals surface area contributed by atoms with E-state index in [0.29, 0.717) is 18.1 Å². The van der Waals surface area contributed by atoms with Crippen molar-refractivity contribution in [2.45, 2.75) is 33.6 Å². The molecule has 0 radical (unpaired) electrons. The van der Waals surface area contributed by atoms with Crippen LogP contribution in [0.5, 0.6) is 0 Å². The second-order valence-electron chi connectivity index (χ2n) is 15.6. The quantitative estimate of drug-likeness (QED) is 0.126. The van der Waals surface area contributed by atoms with Gasteiger partial charge in [-0.3, -0.25) is 0 Å². The SMILES string of the molecule is ICC1CSc2n1nc(-c1ccccc1)[n+]2-c1ccccc1.ICC1CSc2n1nc(-c1ccccc1)[n+]2-c1ccccc1.ICC1CSc2n1nc(-c1ccccc1)[n+]2-c1ccccc1.[I-].[I-].[I-]. The minimum absolute atomic E-state index is 0. The fourth-order valence-electron chi connectivity index (χ4n) is 8.06. The smallest absolute Gasteiger partial charge is 0.314 e. The summed E-state index contributed by atoms with van der Waals surface area (Å²) in [4.78, 5) is 0. The third-order valence-corrected chi connectivity index (χ3v) is 17.9. The first kappa shape index (κ1) is 54.9. The lowest BCUT2D eigenvalue weighted by Crippen LogP contribution is -3.00. The van der Waals surface area contributed by atoms with Crippen LogP contribution in [0.2, 0.25) is 0 Å². The summed E-state index contributed by atoms with van der Waals surface area (Å²) < 4.78 is 16.7. The van der Waals surface area contributed by atoms with Crippen molar-refractivity contribution in [2.75, 3.05) is 30.5 Å². The minimum atomic E-state index is 0. The molecule has 354 valence electrons. The highest BCUT2D eigenvalue weighted by Crippen LogP contribution is 2.37. The second-order valence-corrected chi connectivity index (χ2v) is 21.2. The first-order chi connectivity index (χ1) is 32.6. The average Bonchev–Trinajstić information content (AvgIpc) is 4.26. The van der Waals surface area contributed by atoms with Crippen LogP contribution in [0.25, 0.3) is 51.2 Å². The van der Waals surface area contributed by atoms with Gasteiger partial charge in [-0.1, -0.05) is 191 Å². The van der Waals surface area contributed by atoms with Gasteiger partial charge >= 0.3 is 32.9 Å². The Hall–Kier alpha value is -1.83. The van der Waals surface area contributed by atoms with Crippen LogP contribution in [0.1, 0.15) is 18.1 Å². The Kier molecular flexibility index (Phi) is 21.0. The van der Waals surface area contributed by atoms with E-state index in [0.717, 1.165) is 64.7 Å². The summed E-state index contributed by atoms with van der Waals surface area (Å²) in [6.45, 7) is 0. The largest absolute Gasteiger partial charge is 1.00 e. The fourth-order valence-corrected chi connectivity index (χ4v) is 15.1. The molecule has 9 aromatic rings. The van der Waals surface area contributed by atoms with Crippen molar-refractivity contribution in [3.05, 3.63) is 182 Å². The molecule has 6 heterocycles. The number of alkyl halides is 3.